The first-order valence-electron chi connectivity index (χ1n) is 5.29. The number of rotatable bonds is 6. The quantitative estimate of drug-likeness (QED) is 0.403. The van der Waals surface area contributed by atoms with Crippen LogP contribution < -0.4 is 0 Å². The molecule has 0 aromatic heterocycles. The zero-order valence-electron chi connectivity index (χ0n) is 10.3. The van der Waals surface area contributed by atoms with Crippen LogP contribution in [0.2, 0.25) is 0 Å². The molecule has 0 heterocycles. The van der Waals surface area contributed by atoms with Crippen LogP contribution in [0.1, 0.15) is 33.1 Å². The van der Waals surface area contributed by atoms with E-state index >= 15 is 0 Å². The lowest BCUT2D eigenvalue weighted by Crippen LogP contribution is -2.31. The molecule has 17 heavy (non-hydrogen) atoms. The van der Waals surface area contributed by atoms with E-state index in [2.05, 4.69) is 12.5 Å². The van der Waals surface area contributed by atoms with E-state index in [1.807, 2.05) is 6.92 Å². The fourth-order valence-electron chi connectivity index (χ4n) is 1.40. The van der Waals surface area contributed by atoms with Gasteiger partial charge in [0.05, 0.1) is 12.0 Å². The van der Waals surface area contributed by atoms with Crippen molar-refractivity contribution in [1.82, 2.24) is 0 Å². The second-order valence-corrected chi connectivity index (χ2v) is 3.31. The Morgan fingerprint density at radius 2 is 2.00 bits per heavy atom. The minimum Gasteiger partial charge on any atom is -0.466 e. The van der Waals surface area contributed by atoms with E-state index in [1.54, 1.807) is 13.0 Å². The minimum atomic E-state index is -0.563. The maximum absolute atomic E-state index is 11.7. The van der Waals surface area contributed by atoms with Gasteiger partial charge in [0.15, 0.2) is 0 Å². The molecule has 0 bridgehead atoms. The summed E-state index contributed by atoms with van der Waals surface area (Å²) in [4.78, 5) is 28.0. The maximum Gasteiger partial charge on any atom is 0.373 e. The molecule has 0 aromatic carbocycles. The van der Waals surface area contributed by atoms with E-state index in [-0.39, 0.29) is 12.1 Å². The number of terminal acetylenes is 1. The molecule has 94 valence electrons. The molecule has 0 saturated heterocycles. The molecule has 0 N–H and O–H groups in total. The van der Waals surface area contributed by atoms with Crippen LogP contribution in [-0.2, 0) is 19.1 Å². The first-order valence-corrected chi connectivity index (χ1v) is 5.29. The fourth-order valence-corrected chi connectivity index (χ4v) is 1.40. The van der Waals surface area contributed by atoms with Gasteiger partial charge in [-0.1, -0.05) is 13.0 Å². The molecule has 0 aromatic rings. The summed E-state index contributed by atoms with van der Waals surface area (Å²) in [5.74, 6) is 2.33. The van der Waals surface area contributed by atoms with Crippen molar-refractivity contribution < 1.29 is 19.1 Å². The summed E-state index contributed by atoms with van der Waals surface area (Å²) in [6.45, 7) is 7.77. The van der Waals surface area contributed by atoms with Crippen molar-refractivity contribution in [1.29, 1.82) is 0 Å². The topological polar surface area (TPSA) is 60.4 Å². The largest absolute Gasteiger partial charge is 0.466 e. The number of hydrogen-bond donors (Lipinski definition) is 0. The minimum absolute atomic E-state index is 0.208. The van der Waals surface area contributed by atoms with Crippen LogP contribution in [0.3, 0.4) is 0 Å². The van der Waals surface area contributed by atoms with E-state index in [9.17, 15) is 4.79 Å². The number of esters is 1. The first-order chi connectivity index (χ1) is 8.08. The van der Waals surface area contributed by atoms with E-state index in [0.717, 1.165) is 0 Å². The second kappa shape index (κ2) is 10.7. The van der Waals surface area contributed by atoms with Gasteiger partial charge in [0.2, 0.25) is 0 Å². The number of allylic oxidation sites excluding steroid dienone is 1. The molecule has 0 saturated carbocycles. The normalized spacial score (nSPS) is 11.8. The van der Waals surface area contributed by atoms with Crippen LogP contribution in [0.5, 0.6) is 0 Å². The third-order valence-corrected chi connectivity index (χ3v) is 2.36. The Morgan fingerprint density at radius 3 is 2.29 bits per heavy atom. The van der Waals surface area contributed by atoms with Crippen molar-refractivity contribution >= 4 is 12.1 Å². The molecular formula is C13H18O4. The summed E-state index contributed by atoms with van der Waals surface area (Å²) in [7, 11) is 0. The third kappa shape index (κ3) is 6.34. The molecule has 0 aliphatic heterocycles. The molecule has 4 heteroatoms. The molecule has 0 amide bonds. The zero-order chi connectivity index (χ0) is 13.7. The van der Waals surface area contributed by atoms with Crippen molar-refractivity contribution in [3.05, 3.63) is 12.7 Å². The number of ether oxygens (including phenoxy) is 1. The lowest BCUT2D eigenvalue weighted by Gasteiger charge is -2.26. The van der Waals surface area contributed by atoms with Gasteiger partial charge in [-0.3, -0.25) is 4.79 Å². The molecule has 0 spiro atoms. The molecule has 0 radical (unpaired) electrons. The van der Waals surface area contributed by atoms with Crippen LogP contribution in [0.15, 0.2) is 12.7 Å². The standard InChI is InChI=1S/C12H18O2.CO2/c1-5-9-12(7-3,10-6-2)11(13)14-8-4;2-1-3/h1,6H,2,7-10H2,3-4H3;. The molecule has 0 aliphatic carbocycles. The van der Waals surface area contributed by atoms with Crippen molar-refractivity contribution in [2.45, 2.75) is 33.1 Å². The summed E-state index contributed by atoms with van der Waals surface area (Å²) in [6.07, 6.45) is 8.90. The Kier molecular flexibility index (Phi) is 11.0. The van der Waals surface area contributed by atoms with Crippen LogP contribution in [0.25, 0.3) is 0 Å². The van der Waals surface area contributed by atoms with Crippen molar-refractivity contribution in [2.75, 3.05) is 6.61 Å². The lowest BCUT2D eigenvalue weighted by molar-refractivity contribution is -0.191. The van der Waals surface area contributed by atoms with Gasteiger partial charge in [-0.05, 0) is 19.8 Å². The van der Waals surface area contributed by atoms with Gasteiger partial charge >= 0.3 is 12.1 Å². The van der Waals surface area contributed by atoms with Gasteiger partial charge in [-0.25, -0.2) is 0 Å². The summed E-state index contributed by atoms with van der Waals surface area (Å²) in [5.41, 5.74) is -0.563. The Morgan fingerprint density at radius 1 is 1.47 bits per heavy atom. The maximum atomic E-state index is 11.7. The Bertz CT molecular complexity index is 308. The van der Waals surface area contributed by atoms with E-state index < -0.39 is 5.41 Å². The van der Waals surface area contributed by atoms with Gasteiger partial charge in [-0.2, -0.15) is 9.59 Å². The Hall–Kier alpha value is -1.85. The van der Waals surface area contributed by atoms with Crippen molar-refractivity contribution in [3.63, 3.8) is 0 Å². The third-order valence-electron chi connectivity index (χ3n) is 2.36. The highest BCUT2D eigenvalue weighted by Crippen LogP contribution is 2.32. The zero-order valence-corrected chi connectivity index (χ0v) is 10.3. The molecule has 0 aliphatic rings. The molecular weight excluding hydrogens is 220 g/mol. The lowest BCUT2D eigenvalue weighted by atomic mass is 9.79. The van der Waals surface area contributed by atoms with Gasteiger partial charge in [-0.15, -0.1) is 18.9 Å². The highest BCUT2D eigenvalue weighted by Gasteiger charge is 2.36. The van der Waals surface area contributed by atoms with Crippen LogP contribution >= 0.6 is 0 Å². The highest BCUT2D eigenvalue weighted by molar-refractivity contribution is 5.77. The summed E-state index contributed by atoms with van der Waals surface area (Å²) >= 11 is 0. The molecule has 4 nitrogen and oxygen atoms in total. The number of carbonyl (C=O) groups excluding carboxylic acids is 3. The first kappa shape index (κ1) is 17.5. The van der Waals surface area contributed by atoms with Gasteiger partial charge < -0.3 is 4.74 Å². The Balaban J connectivity index is 0. The number of carbonyl (C=O) groups is 1. The molecule has 0 fully saturated rings. The predicted octanol–water partition coefficient (Wildman–Crippen LogP) is 1.96. The fraction of sp³-hybridized carbons (Fsp3) is 0.538. The van der Waals surface area contributed by atoms with Crippen molar-refractivity contribution in [2.24, 2.45) is 5.41 Å². The van der Waals surface area contributed by atoms with Crippen molar-refractivity contribution in [3.8, 4) is 12.3 Å². The summed E-state index contributed by atoms with van der Waals surface area (Å²) in [6, 6.07) is 0. The Labute approximate surface area is 102 Å². The summed E-state index contributed by atoms with van der Waals surface area (Å²) < 4.78 is 5.02. The van der Waals surface area contributed by atoms with Gasteiger partial charge in [0.25, 0.3) is 0 Å². The number of hydrogen-bond acceptors (Lipinski definition) is 4. The van der Waals surface area contributed by atoms with E-state index in [4.69, 9.17) is 20.7 Å². The SMILES string of the molecule is C#CCC(CC)(CC=C)C(=O)OCC.O=C=O. The molecule has 1 unspecified atom stereocenters. The van der Waals surface area contributed by atoms with Gasteiger partial charge in [0.1, 0.15) is 0 Å². The van der Waals surface area contributed by atoms with Gasteiger partial charge in [0, 0.05) is 6.42 Å². The van der Waals surface area contributed by atoms with E-state index in [0.29, 0.717) is 25.9 Å². The smallest absolute Gasteiger partial charge is 0.373 e. The highest BCUT2D eigenvalue weighted by atomic mass is 16.5. The molecule has 1 atom stereocenters. The van der Waals surface area contributed by atoms with Crippen LogP contribution in [0.4, 0.5) is 0 Å². The predicted molar refractivity (Wildman–Crippen MR) is 62.6 cm³/mol. The molecule has 0 rings (SSSR count). The average molecular weight is 238 g/mol. The summed E-state index contributed by atoms with van der Waals surface area (Å²) in [5, 5.41) is 0. The van der Waals surface area contributed by atoms with Crippen LogP contribution in [0, 0.1) is 17.8 Å². The average Bonchev–Trinajstić information content (AvgIpc) is 2.30. The second-order valence-electron chi connectivity index (χ2n) is 3.31. The van der Waals surface area contributed by atoms with Crippen LogP contribution in [-0.4, -0.2) is 18.7 Å². The van der Waals surface area contributed by atoms with E-state index in [1.165, 1.54) is 0 Å². The monoisotopic (exact) mass is 238 g/mol.